The third-order valence-corrected chi connectivity index (χ3v) is 8.16. The zero-order chi connectivity index (χ0) is 25.2. The van der Waals surface area contributed by atoms with E-state index in [1.54, 1.807) is 13.3 Å². The van der Waals surface area contributed by atoms with Crippen molar-refractivity contribution in [1.29, 1.82) is 0 Å². The first kappa shape index (κ1) is 23.6. The minimum Gasteiger partial charge on any atom is -0.481 e. The molecule has 188 valence electrons. The van der Waals surface area contributed by atoms with Gasteiger partial charge in [0, 0.05) is 53.6 Å². The van der Waals surface area contributed by atoms with E-state index in [1.807, 2.05) is 42.2 Å². The Labute approximate surface area is 219 Å². The van der Waals surface area contributed by atoms with Crippen molar-refractivity contribution < 1.29 is 9.47 Å². The molecule has 4 heterocycles. The number of nitrogens with zero attached hydrogens (tertiary/aromatic N) is 2. The molecule has 8 heteroatoms. The highest BCUT2D eigenvalue weighted by atomic mass is 32.2. The third kappa shape index (κ3) is 4.95. The molecule has 1 unspecified atom stereocenters. The standard InChI is InChI=1S/C29H28N4O3S/c1-35-27-10-7-19(17-32-27)16-31-22-8-9-26-21(15-22)14-20-4-2-5-23(28(20)37-26)25-18-33(12-13-36-25)24-6-3-11-30-29(24)34/h2-11,15,17,25,31H,12-14,16,18H2,1H3,(H,30,34). The molecule has 1 fully saturated rings. The molecule has 0 aliphatic carbocycles. The molecule has 2 aliphatic heterocycles. The molecule has 2 aromatic carbocycles. The highest BCUT2D eigenvalue weighted by Crippen LogP contribution is 2.44. The summed E-state index contributed by atoms with van der Waals surface area (Å²) >= 11 is 1.81. The molecule has 0 amide bonds. The van der Waals surface area contributed by atoms with Crippen LogP contribution in [-0.4, -0.2) is 36.8 Å². The number of morpholine rings is 1. The van der Waals surface area contributed by atoms with Gasteiger partial charge in [0.2, 0.25) is 5.88 Å². The van der Waals surface area contributed by atoms with Crippen LogP contribution in [0.15, 0.2) is 87.6 Å². The Kier molecular flexibility index (Phi) is 6.59. The molecule has 6 rings (SSSR count). The Morgan fingerprint density at radius 3 is 2.95 bits per heavy atom. The topological polar surface area (TPSA) is 79.5 Å². The van der Waals surface area contributed by atoms with Crippen molar-refractivity contribution in [3.63, 3.8) is 0 Å². The van der Waals surface area contributed by atoms with E-state index in [1.165, 1.54) is 26.5 Å². The zero-order valence-electron chi connectivity index (χ0n) is 20.6. The van der Waals surface area contributed by atoms with E-state index in [0.29, 0.717) is 37.8 Å². The second-order valence-corrected chi connectivity index (χ2v) is 10.2. The summed E-state index contributed by atoms with van der Waals surface area (Å²) in [6.07, 6.45) is 4.29. The van der Waals surface area contributed by atoms with Crippen molar-refractivity contribution in [2.24, 2.45) is 0 Å². The number of benzene rings is 2. The molecule has 2 N–H and O–H groups in total. The number of anilines is 2. The van der Waals surface area contributed by atoms with Gasteiger partial charge in [-0.15, -0.1) is 0 Å². The maximum atomic E-state index is 12.4. The van der Waals surface area contributed by atoms with Crippen molar-refractivity contribution in [2.75, 3.05) is 37.0 Å². The number of methoxy groups -OCH3 is 1. The fourth-order valence-corrected chi connectivity index (χ4v) is 6.13. The molecule has 0 spiro atoms. The number of ether oxygens (including phenoxy) is 2. The summed E-state index contributed by atoms with van der Waals surface area (Å²) in [6, 6.07) is 20.7. The first-order chi connectivity index (χ1) is 18.2. The lowest BCUT2D eigenvalue weighted by Gasteiger charge is -2.35. The number of H-pyrrole nitrogens is 1. The van der Waals surface area contributed by atoms with E-state index in [0.717, 1.165) is 17.7 Å². The summed E-state index contributed by atoms with van der Waals surface area (Å²) in [5.41, 5.74) is 6.65. The van der Waals surface area contributed by atoms with E-state index < -0.39 is 0 Å². The van der Waals surface area contributed by atoms with Crippen LogP contribution in [0.4, 0.5) is 11.4 Å². The van der Waals surface area contributed by atoms with Crippen molar-refractivity contribution >= 4 is 23.1 Å². The van der Waals surface area contributed by atoms with Crippen LogP contribution in [0, 0.1) is 0 Å². The smallest absolute Gasteiger partial charge is 0.271 e. The van der Waals surface area contributed by atoms with E-state index in [2.05, 4.69) is 56.6 Å². The predicted molar refractivity (Wildman–Crippen MR) is 146 cm³/mol. The highest BCUT2D eigenvalue weighted by Gasteiger charge is 2.28. The van der Waals surface area contributed by atoms with Crippen LogP contribution in [0.5, 0.6) is 5.88 Å². The van der Waals surface area contributed by atoms with E-state index in [4.69, 9.17) is 9.47 Å². The molecule has 0 radical (unpaired) electrons. The number of hydrogen-bond acceptors (Lipinski definition) is 7. The van der Waals surface area contributed by atoms with Crippen LogP contribution < -0.4 is 20.5 Å². The number of aromatic amines is 1. The fraction of sp³-hybridized carbons (Fsp3) is 0.241. The first-order valence-electron chi connectivity index (χ1n) is 12.4. The molecule has 2 aliphatic rings. The average molecular weight is 513 g/mol. The van der Waals surface area contributed by atoms with Gasteiger partial charge in [-0.3, -0.25) is 4.79 Å². The van der Waals surface area contributed by atoms with Gasteiger partial charge in [0.25, 0.3) is 5.56 Å². The van der Waals surface area contributed by atoms with Crippen molar-refractivity contribution in [1.82, 2.24) is 9.97 Å². The quantitative estimate of drug-likeness (QED) is 0.331. The molecule has 37 heavy (non-hydrogen) atoms. The monoisotopic (exact) mass is 512 g/mol. The number of fused-ring (bicyclic) bond motifs is 2. The van der Waals surface area contributed by atoms with Crippen LogP contribution in [0.3, 0.4) is 0 Å². The van der Waals surface area contributed by atoms with Gasteiger partial charge in [0.1, 0.15) is 11.8 Å². The summed E-state index contributed by atoms with van der Waals surface area (Å²) in [5, 5.41) is 3.52. The van der Waals surface area contributed by atoms with Gasteiger partial charge in [-0.05, 0) is 59.0 Å². The van der Waals surface area contributed by atoms with Crippen LogP contribution in [0.25, 0.3) is 0 Å². The lowest BCUT2D eigenvalue weighted by Crippen LogP contribution is -2.41. The number of nitrogens with one attached hydrogen (secondary N) is 2. The second kappa shape index (κ2) is 10.3. The molecule has 0 bridgehead atoms. The number of rotatable bonds is 6. The Balaban J connectivity index is 1.19. The summed E-state index contributed by atoms with van der Waals surface area (Å²) in [6.45, 7) is 2.64. The Hall–Kier alpha value is -3.75. The van der Waals surface area contributed by atoms with Crippen molar-refractivity contribution in [2.45, 2.75) is 28.9 Å². The Morgan fingerprint density at radius 2 is 2.11 bits per heavy atom. The van der Waals surface area contributed by atoms with Gasteiger partial charge in [-0.2, -0.15) is 0 Å². The van der Waals surface area contributed by atoms with Gasteiger partial charge >= 0.3 is 0 Å². The third-order valence-electron chi connectivity index (χ3n) is 6.84. The Bertz CT molecular complexity index is 1470. The highest BCUT2D eigenvalue weighted by molar-refractivity contribution is 7.99. The summed E-state index contributed by atoms with van der Waals surface area (Å²) < 4.78 is 11.4. The van der Waals surface area contributed by atoms with E-state index >= 15 is 0 Å². The lowest BCUT2D eigenvalue weighted by molar-refractivity contribution is 0.0380. The lowest BCUT2D eigenvalue weighted by atomic mass is 9.98. The molecule has 4 aromatic rings. The predicted octanol–water partition coefficient (Wildman–Crippen LogP) is 5.02. The number of aromatic nitrogens is 2. The molecule has 1 atom stereocenters. The average Bonchev–Trinajstić information content (AvgIpc) is 2.95. The van der Waals surface area contributed by atoms with E-state index in [-0.39, 0.29) is 11.7 Å². The summed E-state index contributed by atoms with van der Waals surface area (Å²) in [5.74, 6) is 0.618. The van der Waals surface area contributed by atoms with Gasteiger partial charge < -0.3 is 24.7 Å². The largest absolute Gasteiger partial charge is 0.481 e. The normalized spacial score (nSPS) is 16.6. The maximum Gasteiger partial charge on any atom is 0.271 e. The molecule has 0 saturated carbocycles. The Morgan fingerprint density at radius 1 is 1.16 bits per heavy atom. The van der Waals surface area contributed by atoms with Crippen molar-refractivity contribution in [3.05, 3.63) is 106 Å². The van der Waals surface area contributed by atoms with Gasteiger partial charge in [0.15, 0.2) is 0 Å². The maximum absolute atomic E-state index is 12.4. The number of pyridine rings is 2. The van der Waals surface area contributed by atoms with Crippen molar-refractivity contribution in [3.8, 4) is 5.88 Å². The summed E-state index contributed by atoms with van der Waals surface area (Å²) in [7, 11) is 1.62. The molecular weight excluding hydrogens is 484 g/mol. The minimum absolute atomic E-state index is 0.0609. The van der Waals surface area contributed by atoms with Crippen LogP contribution in [0.2, 0.25) is 0 Å². The fourth-order valence-electron chi connectivity index (χ4n) is 4.92. The molecule has 7 nitrogen and oxygen atoms in total. The van der Waals surface area contributed by atoms with Gasteiger partial charge in [-0.25, -0.2) is 4.98 Å². The molecule has 1 saturated heterocycles. The zero-order valence-corrected chi connectivity index (χ0v) is 21.4. The van der Waals surface area contributed by atoms with Gasteiger partial charge in [-0.1, -0.05) is 36.0 Å². The molecule has 2 aromatic heterocycles. The summed E-state index contributed by atoms with van der Waals surface area (Å²) in [4.78, 5) is 24.1. The minimum atomic E-state index is -0.0867. The number of hydrogen-bond donors (Lipinski definition) is 2. The van der Waals surface area contributed by atoms with Crippen LogP contribution >= 0.6 is 11.8 Å². The van der Waals surface area contributed by atoms with Crippen LogP contribution in [0.1, 0.15) is 28.4 Å². The second-order valence-electron chi connectivity index (χ2n) is 9.19. The van der Waals surface area contributed by atoms with Gasteiger partial charge in [0.05, 0.1) is 13.7 Å². The molecular formula is C29H28N4O3S. The first-order valence-corrected chi connectivity index (χ1v) is 13.2. The van der Waals surface area contributed by atoms with E-state index in [9.17, 15) is 4.79 Å². The van der Waals surface area contributed by atoms with Crippen LogP contribution in [-0.2, 0) is 17.7 Å². The SMILES string of the molecule is COc1ccc(CNc2ccc3c(c2)Cc2cccc(C4CN(c5ccc[nH]c5=O)CCO4)c2S3)cn1.